The standard InChI is InChI=1S/C13H11ClN2O4/c1-19-13(18)16-12-5-3-9(7-15-12)20-11-4-2-8(14)6-10(11)17/h2-7,17H,1H3,(H,15,16,18). The van der Waals surface area contributed by atoms with E-state index in [1.165, 1.54) is 25.4 Å². The van der Waals surface area contributed by atoms with Crippen LogP contribution in [0.1, 0.15) is 0 Å². The Balaban J connectivity index is 2.08. The number of nitrogens with one attached hydrogen (secondary N) is 1. The van der Waals surface area contributed by atoms with Gasteiger partial charge < -0.3 is 14.6 Å². The van der Waals surface area contributed by atoms with Crippen molar-refractivity contribution >= 4 is 23.5 Å². The number of carbonyl (C=O) groups is 1. The minimum atomic E-state index is -0.610. The van der Waals surface area contributed by atoms with Crippen LogP contribution in [-0.4, -0.2) is 23.3 Å². The van der Waals surface area contributed by atoms with Crippen LogP contribution in [0.2, 0.25) is 5.02 Å². The highest BCUT2D eigenvalue weighted by Gasteiger charge is 2.06. The second kappa shape index (κ2) is 6.12. The molecule has 20 heavy (non-hydrogen) atoms. The van der Waals surface area contributed by atoms with Gasteiger partial charge in [0, 0.05) is 11.1 Å². The van der Waals surface area contributed by atoms with Gasteiger partial charge in [0.05, 0.1) is 13.3 Å². The summed E-state index contributed by atoms with van der Waals surface area (Å²) in [5.41, 5.74) is 0. The van der Waals surface area contributed by atoms with Crippen molar-refractivity contribution in [2.75, 3.05) is 12.4 Å². The number of phenolic OH excluding ortho intramolecular Hbond substituents is 1. The quantitative estimate of drug-likeness (QED) is 0.906. The van der Waals surface area contributed by atoms with Crippen LogP contribution in [0.5, 0.6) is 17.2 Å². The molecule has 6 nitrogen and oxygen atoms in total. The minimum absolute atomic E-state index is 0.0748. The number of halogens is 1. The molecule has 0 aliphatic rings. The first-order valence-corrected chi connectivity index (χ1v) is 5.93. The number of nitrogens with zero attached hydrogens (tertiary/aromatic N) is 1. The Morgan fingerprint density at radius 1 is 1.35 bits per heavy atom. The first-order valence-electron chi connectivity index (χ1n) is 5.56. The normalized spacial score (nSPS) is 9.90. The zero-order valence-electron chi connectivity index (χ0n) is 10.5. The number of anilines is 1. The number of pyridine rings is 1. The molecule has 2 N–H and O–H groups in total. The number of carbonyl (C=O) groups excluding carboxylic acids is 1. The Morgan fingerprint density at radius 3 is 2.75 bits per heavy atom. The summed E-state index contributed by atoms with van der Waals surface area (Å²) in [4.78, 5) is 14.9. The summed E-state index contributed by atoms with van der Waals surface area (Å²) < 4.78 is 9.88. The number of amides is 1. The molecule has 0 saturated carbocycles. The molecular formula is C13H11ClN2O4. The van der Waals surface area contributed by atoms with E-state index in [9.17, 15) is 9.90 Å². The summed E-state index contributed by atoms with van der Waals surface area (Å²) in [7, 11) is 1.26. The average molecular weight is 295 g/mol. The van der Waals surface area contributed by atoms with Gasteiger partial charge >= 0.3 is 6.09 Å². The number of rotatable bonds is 3. The molecular weight excluding hydrogens is 284 g/mol. The van der Waals surface area contributed by atoms with E-state index in [0.29, 0.717) is 16.6 Å². The fourth-order valence-corrected chi connectivity index (χ4v) is 1.54. The lowest BCUT2D eigenvalue weighted by atomic mass is 10.3. The topological polar surface area (TPSA) is 80.7 Å². The first kappa shape index (κ1) is 14.0. The molecule has 0 bridgehead atoms. The van der Waals surface area contributed by atoms with Crippen molar-refractivity contribution in [1.82, 2.24) is 4.98 Å². The van der Waals surface area contributed by atoms with Gasteiger partial charge in [0.1, 0.15) is 11.6 Å². The van der Waals surface area contributed by atoms with E-state index >= 15 is 0 Å². The molecule has 7 heteroatoms. The first-order chi connectivity index (χ1) is 9.58. The molecule has 1 aromatic carbocycles. The molecule has 1 aromatic heterocycles. The average Bonchev–Trinajstić information content (AvgIpc) is 2.44. The maximum atomic E-state index is 11.0. The fourth-order valence-electron chi connectivity index (χ4n) is 1.37. The molecule has 0 saturated heterocycles. The van der Waals surface area contributed by atoms with Gasteiger partial charge in [-0.1, -0.05) is 11.6 Å². The zero-order chi connectivity index (χ0) is 14.5. The molecule has 2 rings (SSSR count). The third kappa shape index (κ3) is 3.52. The highest BCUT2D eigenvalue weighted by atomic mass is 35.5. The van der Waals surface area contributed by atoms with Crippen molar-refractivity contribution < 1.29 is 19.4 Å². The lowest BCUT2D eigenvalue weighted by Gasteiger charge is -2.08. The van der Waals surface area contributed by atoms with Crippen LogP contribution in [0.4, 0.5) is 10.6 Å². The highest BCUT2D eigenvalue weighted by Crippen LogP contribution is 2.32. The van der Waals surface area contributed by atoms with Gasteiger partial charge in [0.15, 0.2) is 11.5 Å². The van der Waals surface area contributed by atoms with E-state index in [1.807, 2.05) is 0 Å². The SMILES string of the molecule is COC(=O)Nc1ccc(Oc2ccc(Cl)cc2O)cn1. The van der Waals surface area contributed by atoms with Crippen molar-refractivity contribution in [2.45, 2.75) is 0 Å². The van der Waals surface area contributed by atoms with Crippen LogP contribution in [0, 0.1) is 0 Å². The van der Waals surface area contributed by atoms with E-state index in [-0.39, 0.29) is 11.5 Å². The van der Waals surface area contributed by atoms with Crippen LogP contribution in [0.25, 0.3) is 0 Å². The van der Waals surface area contributed by atoms with Crippen LogP contribution in [0.15, 0.2) is 36.5 Å². The molecule has 1 amide bonds. The Bertz CT molecular complexity index is 616. The van der Waals surface area contributed by atoms with Gasteiger partial charge in [0.2, 0.25) is 0 Å². The van der Waals surface area contributed by atoms with Crippen molar-refractivity contribution in [3.05, 3.63) is 41.6 Å². The fraction of sp³-hybridized carbons (Fsp3) is 0.0769. The highest BCUT2D eigenvalue weighted by molar-refractivity contribution is 6.30. The molecule has 0 aliphatic carbocycles. The zero-order valence-corrected chi connectivity index (χ0v) is 11.2. The smallest absolute Gasteiger partial charge is 0.412 e. The van der Waals surface area contributed by atoms with Crippen LogP contribution >= 0.6 is 11.6 Å². The van der Waals surface area contributed by atoms with Crippen LogP contribution in [0.3, 0.4) is 0 Å². The number of phenols is 1. The largest absolute Gasteiger partial charge is 0.504 e. The van der Waals surface area contributed by atoms with E-state index in [2.05, 4.69) is 15.0 Å². The lowest BCUT2D eigenvalue weighted by molar-refractivity contribution is 0.187. The van der Waals surface area contributed by atoms with E-state index in [1.54, 1.807) is 18.2 Å². The summed E-state index contributed by atoms with van der Waals surface area (Å²) in [6.07, 6.45) is 0.792. The summed E-state index contributed by atoms with van der Waals surface area (Å²) in [5.74, 6) is 0.904. The molecule has 0 aliphatic heterocycles. The number of benzene rings is 1. The van der Waals surface area contributed by atoms with Gasteiger partial charge in [-0.25, -0.2) is 9.78 Å². The summed E-state index contributed by atoms with van der Waals surface area (Å²) in [6.45, 7) is 0. The Hall–Kier alpha value is -2.47. The van der Waals surface area contributed by atoms with Crippen LogP contribution < -0.4 is 10.1 Å². The molecule has 0 radical (unpaired) electrons. The van der Waals surface area contributed by atoms with E-state index in [4.69, 9.17) is 16.3 Å². The maximum absolute atomic E-state index is 11.0. The third-order valence-corrected chi connectivity index (χ3v) is 2.54. The second-order valence-electron chi connectivity index (χ2n) is 3.71. The van der Waals surface area contributed by atoms with Gasteiger partial charge in [-0.05, 0) is 24.3 Å². The molecule has 1 heterocycles. The summed E-state index contributed by atoms with van der Waals surface area (Å²) in [5, 5.41) is 12.5. The number of aromatic nitrogens is 1. The van der Waals surface area contributed by atoms with Crippen molar-refractivity contribution in [3.8, 4) is 17.2 Å². The molecule has 0 unspecified atom stereocenters. The van der Waals surface area contributed by atoms with Crippen LogP contribution in [-0.2, 0) is 4.74 Å². The van der Waals surface area contributed by atoms with Gasteiger partial charge in [0.25, 0.3) is 0 Å². The lowest BCUT2D eigenvalue weighted by Crippen LogP contribution is -2.11. The molecule has 0 spiro atoms. The molecule has 0 fully saturated rings. The van der Waals surface area contributed by atoms with Crippen molar-refractivity contribution in [2.24, 2.45) is 0 Å². The Kier molecular flexibility index (Phi) is 4.27. The van der Waals surface area contributed by atoms with Crippen molar-refractivity contribution in [1.29, 1.82) is 0 Å². The summed E-state index contributed by atoms with van der Waals surface area (Å²) >= 11 is 5.72. The molecule has 104 valence electrons. The van der Waals surface area contributed by atoms with E-state index < -0.39 is 6.09 Å². The number of aromatic hydroxyl groups is 1. The maximum Gasteiger partial charge on any atom is 0.412 e. The monoisotopic (exact) mass is 294 g/mol. The summed E-state index contributed by atoms with van der Waals surface area (Å²) in [6, 6.07) is 7.64. The Morgan fingerprint density at radius 2 is 2.15 bits per heavy atom. The molecule has 2 aromatic rings. The predicted octanol–water partition coefficient (Wildman–Crippen LogP) is 3.41. The van der Waals surface area contributed by atoms with Gasteiger partial charge in [-0.3, -0.25) is 5.32 Å². The van der Waals surface area contributed by atoms with E-state index in [0.717, 1.165) is 0 Å². The number of ether oxygens (including phenoxy) is 2. The second-order valence-corrected chi connectivity index (χ2v) is 4.15. The third-order valence-electron chi connectivity index (χ3n) is 2.30. The molecule has 0 atom stereocenters. The minimum Gasteiger partial charge on any atom is -0.504 e. The number of hydrogen-bond acceptors (Lipinski definition) is 5. The number of methoxy groups -OCH3 is 1. The van der Waals surface area contributed by atoms with Gasteiger partial charge in [-0.2, -0.15) is 0 Å². The Labute approximate surface area is 119 Å². The van der Waals surface area contributed by atoms with Gasteiger partial charge in [-0.15, -0.1) is 0 Å². The predicted molar refractivity (Wildman–Crippen MR) is 73.5 cm³/mol. The van der Waals surface area contributed by atoms with Crippen molar-refractivity contribution in [3.63, 3.8) is 0 Å². The number of hydrogen-bond donors (Lipinski definition) is 2.